The standard InChI is InChI=1S/C22H27NO5S/c1-3-13-28-19-10-8-17(9-11-19)15-23(18-12-14-29(25,26)16-18)22(24)20-6-4-5-7-21(20)27-2/h4-11,18H,3,12-16H2,1-2H3. The van der Waals surface area contributed by atoms with Crippen LogP contribution in [0, 0.1) is 0 Å². The molecule has 2 aromatic carbocycles. The van der Waals surface area contributed by atoms with Crippen molar-refractivity contribution in [2.45, 2.75) is 32.4 Å². The van der Waals surface area contributed by atoms with Crippen molar-refractivity contribution in [3.05, 3.63) is 59.7 Å². The van der Waals surface area contributed by atoms with Crippen molar-refractivity contribution < 1.29 is 22.7 Å². The number of methoxy groups -OCH3 is 1. The average molecular weight is 418 g/mol. The van der Waals surface area contributed by atoms with Crippen molar-refractivity contribution in [3.8, 4) is 11.5 Å². The maximum absolute atomic E-state index is 13.4. The number of carbonyl (C=O) groups excluding carboxylic acids is 1. The molecule has 0 aliphatic carbocycles. The van der Waals surface area contributed by atoms with Crippen molar-refractivity contribution in [2.24, 2.45) is 0 Å². The molecular formula is C22H27NO5S. The summed E-state index contributed by atoms with van der Waals surface area (Å²) >= 11 is 0. The number of hydrogen-bond acceptors (Lipinski definition) is 5. The zero-order valence-corrected chi connectivity index (χ0v) is 17.7. The van der Waals surface area contributed by atoms with E-state index in [0.29, 0.717) is 30.9 Å². The molecule has 6 nitrogen and oxygen atoms in total. The predicted octanol–water partition coefficient (Wildman–Crippen LogP) is 3.31. The van der Waals surface area contributed by atoms with Crippen molar-refractivity contribution >= 4 is 15.7 Å². The van der Waals surface area contributed by atoms with E-state index in [4.69, 9.17) is 9.47 Å². The van der Waals surface area contributed by atoms with Gasteiger partial charge >= 0.3 is 0 Å². The molecule has 3 rings (SSSR count). The lowest BCUT2D eigenvalue weighted by Crippen LogP contribution is -2.40. The van der Waals surface area contributed by atoms with Crippen LogP contribution in [0.5, 0.6) is 11.5 Å². The van der Waals surface area contributed by atoms with Crippen LogP contribution in [-0.4, -0.2) is 50.5 Å². The first-order chi connectivity index (χ1) is 13.9. The first-order valence-corrected chi connectivity index (χ1v) is 11.6. The lowest BCUT2D eigenvalue weighted by atomic mass is 10.1. The summed E-state index contributed by atoms with van der Waals surface area (Å²) in [6.45, 7) is 3.02. The highest BCUT2D eigenvalue weighted by Crippen LogP contribution is 2.26. The molecule has 2 aromatic rings. The van der Waals surface area contributed by atoms with Gasteiger partial charge in [0.25, 0.3) is 5.91 Å². The van der Waals surface area contributed by atoms with Crippen LogP contribution in [0.3, 0.4) is 0 Å². The minimum absolute atomic E-state index is 0.00835. The van der Waals surface area contributed by atoms with Gasteiger partial charge in [0.1, 0.15) is 11.5 Å². The normalized spacial score (nSPS) is 17.7. The molecule has 29 heavy (non-hydrogen) atoms. The minimum Gasteiger partial charge on any atom is -0.496 e. The molecule has 1 fully saturated rings. The zero-order chi connectivity index (χ0) is 20.9. The van der Waals surface area contributed by atoms with Crippen LogP contribution in [-0.2, 0) is 16.4 Å². The summed E-state index contributed by atoms with van der Waals surface area (Å²) in [6, 6.07) is 14.2. The van der Waals surface area contributed by atoms with Crippen molar-refractivity contribution in [2.75, 3.05) is 25.2 Å². The summed E-state index contributed by atoms with van der Waals surface area (Å²) in [7, 11) is -1.61. The zero-order valence-electron chi connectivity index (χ0n) is 16.8. The number of ether oxygens (including phenoxy) is 2. The van der Waals surface area contributed by atoms with Crippen LogP contribution in [0.15, 0.2) is 48.5 Å². The Kier molecular flexibility index (Phi) is 6.79. The molecule has 0 N–H and O–H groups in total. The molecular weight excluding hydrogens is 390 g/mol. The van der Waals surface area contributed by atoms with Crippen LogP contribution >= 0.6 is 0 Å². The topological polar surface area (TPSA) is 72.9 Å². The van der Waals surface area contributed by atoms with Gasteiger partial charge in [0, 0.05) is 12.6 Å². The third-order valence-corrected chi connectivity index (χ3v) is 6.75. The Balaban J connectivity index is 1.86. The lowest BCUT2D eigenvalue weighted by Gasteiger charge is -2.29. The van der Waals surface area contributed by atoms with Crippen LogP contribution in [0.2, 0.25) is 0 Å². The first kappa shape index (κ1) is 21.2. The molecule has 1 heterocycles. The van der Waals surface area contributed by atoms with Gasteiger partial charge < -0.3 is 14.4 Å². The lowest BCUT2D eigenvalue weighted by molar-refractivity contribution is 0.0677. The summed E-state index contributed by atoms with van der Waals surface area (Å²) in [6.07, 6.45) is 1.38. The van der Waals surface area contributed by atoms with Gasteiger partial charge in [-0.1, -0.05) is 31.2 Å². The highest BCUT2D eigenvalue weighted by atomic mass is 32.2. The van der Waals surface area contributed by atoms with E-state index in [9.17, 15) is 13.2 Å². The molecule has 0 radical (unpaired) electrons. The molecule has 1 saturated heterocycles. The number of sulfone groups is 1. The molecule has 0 saturated carbocycles. The Morgan fingerprint density at radius 2 is 1.86 bits per heavy atom. The van der Waals surface area contributed by atoms with E-state index in [-0.39, 0.29) is 23.5 Å². The highest BCUT2D eigenvalue weighted by molar-refractivity contribution is 7.91. The molecule has 0 spiro atoms. The summed E-state index contributed by atoms with van der Waals surface area (Å²) in [5.74, 6) is 1.13. The maximum atomic E-state index is 13.4. The Labute approximate surface area is 172 Å². The maximum Gasteiger partial charge on any atom is 0.258 e. The van der Waals surface area contributed by atoms with Crippen LogP contribution in [0.25, 0.3) is 0 Å². The Bertz CT molecular complexity index is 940. The number of rotatable bonds is 8. The monoisotopic (exact) mass is 417 g/mol. The molecule has 1 unspecified atom stereocenters. The molecule has 1 atom stereocenters. The van der Waals surface area contributed by atoms with Gasteiger partial charge in [0.15, 0.2) is 9.84 Å². The second-order valence-corrected chi connectivity index (χ2v) is 9.41. The van der Waals surface area contributed by atoms with Gasteiger partial charge in [-0.2, -0.15) is 0 Å². The van der Waals surface area contributed by atoms with Gasteiger partial charge in [0.05, 0.1) is 30.8 Å². The van der Waals surface area contributed by atoms with Crippen molar-refractivity contribution in [3.63, 3.8) is 0 Å². The Morgan fingerprint density at radius 3 is 2.48 bits per heavy atom. The number of benzene rings is 2. The SMILES string of the molecule is CCCOc1ccc(CN(C(=O)c2ccccc2OC)C2CCS(=O)(=O)C2)cc1. The van der Waals surface area contributed by atoms with Crippen molar-refractivity contribution in [1.29, 1.82) is 0 Å². The van der Waals surface area contributed by atoms with E-state index in [0.717, 1.165) is 17.7 Å². The molecule has 1 amide bonds. The second kappa shape index (κ2) is 9.31. The van der Waals surface area contributed by atoms with Gasteiger partial charge in [0.2, 0.25) is 0 Å². The van der Waals surface area contributed by atoms with E-state index in [1.165, 1.54) is 7.11 Å². The summed E-state index contributed by atoms with van der Waals surface area (Å²) < 4.78 is 35.0. The van der Waals surface area contributed by atoms with Gasteiger partial charge in [-0.05, 0) is 42.7 Å². The molecule has 156 valence electrons. The minimum atomic E-state index is -3.13. The van der Waals surface area contributed by atoms with Crippen LogP contribution < -0.4 is 9.47 Å². The summed E-state index contributed by atoms with van der Waals surface area (Å²) in [4.78, 5) is 15.0. The second-order valence-electron chi connectivity index (χ2n) is 7.18. The molecule has 0 aromatic heterocycles. The molecule has 7 heteroatoms. The molecule has 0 bridgehead atoms. The van der Waals surface area contributed by atoms with E-state index >= 15 is 0 Å². The Hall–Kier alpha value is -2.54. The molecule has 1 aliphatic rings. The number of nitrogens with zero attached hydrogens (tertiary/aromatic N) is 1. The number of para-hydroxylation sites is 1. The van der Waals surface area contributed by atoms with Gasteiger partial charge in [-0.3, -0.25) is 4.79 Å². The highest BCUT2D eigenvalue weighted by Gasteiger charge is 2.35. The number of amides is 1. The summed E-state index contributed by atoms with van der Waals surface area (Å²) in [5.41, 5.74) is 1.35. The smallest absolute Gasteiger partial charge is 0.258 e. The quantitative estimate of drug-likeness (QED) is 0.659. The average Bonchev–Trinajstić information content (AvgIpc) is 3.10. The fourth-order valence-corrected chi connectivity index (χ4v) is 5.20. The predicted molar refractivity (Wildman–Crippen MR) is 112 cm³/mol. The Morgan fingerprint density at radius 1 is 1.14 bits per heavy atom. The largest absolute Gasteiger partial charge is 0.496 e. The van der Waals surface area contributed by atoms with E-state index in [1.807, 2.05) is 31.2 Å². The first-order valence-electron chi connectivity index (χ1n) is 9.79. The summed E-state index contributed by atoms with van der Waals surface area (Å²) in [5, 5.41) is 0. The van der Waals surface area contributed by atoms with Gasteiger partial charge in [-0.15, -0.1) is 0 Å². The van der Waals surface area contributed by atoms with Crippen molar-refractivity contribution in [1.82, 2.24) is 4.90 Å². The van der Waals surface area contributed by atoms with Gasteiger partial charge in [-0.25, -0.2) is 8.42 Å². The number of hydrogen-bond donors (Lipinski definition) is 0. The van der Waals surface area contributed by atoms with E-state index in [1.54, 1.807) is 29.2 Å². The van der Waals surface area contributed by atoms with E-state index < -0.39 is 9.84 Å². The third-order valence-electron chi connectivity index (χ3n) is 5.00. The fourth-order valence-electron chi connectivity index (χ4n) is 3.47. The fraction of sp³-hybridized carbons (Fsp3) is 0.409. The van der Waals surface area contributed by atoms with Crippen LogP contribution in [0.1, 0.15) is 35.7 Å². The third kappa shape index (κ3) is 5.29. The van der Waals surface area contributed by atoms with Crippen LogP contribution in [0.4, 0.5) is 0 Å². The van der Waals surface area contributed by atoms with E-state index in [2.05, 4.69) is 0 Å². The number of carbonyl (C=O) groups is 1. The molecule has 1 aliphatic heterocycles.